The quantitative estimate of drug-likeness (QED) is 0.0166. The Morgan fingerprint density at radius 3 is 2.32 bits per heavy atom. The molecular weight excluding hydrogens is 1030 g/mol. The van der Waals surface area contributed by atoms with Crippen molar-refractivity contribution in [2.75, 3.05) is 52.6 Å². The number of cyclic esters (lactones) is 1. The lowest BCUT2D eigenvalue weighted by Crippen LogP contribution is -2.56. The molecule has 3 aliphatic heterocycles. The number of carbonyl (C=O) groups is 5. The fraction of sp³-hybridized carbons (Fsp3) is 0.545. The van der Waals surface area contributed by atoms with Gasteiger partial charge in [-0.05, 0) is 101 Å². The van der Waals surface area contributed by atoms with Crippen molar-refractivity contribution >= 4 is 50.3 Å². The van der Waals surface area contributed by atoms with Gasteiger partial charge in [0, 0.05) is 60.7 Å². The maximum absolute atomic E-state index is 13.9. The van der Waals surface area contributed by atoms with Crippen LogP contribution >= 0.6 is 0 Å². The Kier molecular flexibility index (Phi) is 20.0. The first-order valence-electron chi connectivity index (χ1n) is 26.7. The molecule has 22 nitrogen and oxygen atoms in total. The lowest BCUT2D eigenvalue weighted by Gasteiger charge is -2.31. The van der Waals surface area contributed by atoms with E-state index in [-0.39, 0.29) is 86.3 Å². The third-order valence-corrected chi connectivity index (χ3v) is 14.8. The van der Waals surface area contributed by atoms with E-state index in [9.17, 15) is 42.3 Å². The number of hydrogen-bond donors (Lipinski definition) is 5. The summed E-state index contributed by atoms with van der Waals surface area (Å²) in [5.41, 5.74) is 1.85. The van der Waals surface area contributed by atoms with Crippen LogP contribution in [0.25, 0.3) is 22.3 Å². The molecule has 0 radical (unpaired) electrons. The van der Waals surface area contributed by atoms with Crippen molar-refractivity contribution in [3.8, 4) is 34.7 Å². The number of fused-ring (bicyclic) bond motifs is 6. The average Bonchev–Trinajstić information content (AvgIpc) is 4.20. The summed E-state index contributed by atoms with van der Waals surface area (Å²) < 4.78 is 47.3. The molecule has 0 unspecified atom stereocenters. The average molecular weight is 1100 g/mol. The van der Waals surface area contributed by atoms with Gasteiger partial charge in [-0.25, -0.2) is 28.2 Å². The maximum Gasteiger partial charge on any atom is 0.343 e. The molecule has 23 heteroatoms. The molecular formula is C55H71N9O13S. The van der Waals surface area contributed by atoms with E-state index in [1.165, 1.54) is 12.4 Å². The predicted molar refractivity (Wildman–Crippen MR) is 286 cm³/mol. The van der Waals surface area contributed by atoms with Gasteiger partial charge in [0.2, 0.25) is 45.4 Å². The van der Waals surface area contributed by atoms with Crippen LogP contribution < -0.4 is 36.3 Å². The molecule has 4 amide bonds. The van der Waals surface area contributed by atoms with Gasteiger partial charge in [0.05, 0.1) is 41.1 Å². The largest absolute Gasteiger partial charge is 0.458 e. The monoisotopic (exact) mass is 1100 g/mol. The molecule has 0 spiro atoms. The van der Waals surface area contributed by atoms with Gasteiger partial charge in [0.25, 0.3) is 5.56 Å². The number of rotatable bonds is 27. The fourth-order valence-corrected chi connectivity index (χ4v) is 10.3. The van der Waals surface area contributed by atoms with Crippen LogP contribution in [0.1, 0.15) is 127 Å². The van der Waals surface area contributed by atoms with Crippen molar-refractivity contribution in [3.05, 3.63) is 68.8 Å². The van der Waals surface area contributed by atoms with Crippen LogP contribution in [-0.4, -0.2) is 132 Å². The second kappa shape index (κ2) is 26.6. The van der Waals surface area contributed by atoms with Crippen molar-refractivity contribution in [1.82, 2.24) is 45.7 Å². The van der Waals surface area contributed by atoms with E-state index in [0.717, 1.165) is 61.7 Å². The van der Waals surface area contributed by atoms with Gasteiger partial charge in [-0.3, -0.25) is 24.0 Å². The van der Waals surface area contributed by atoms with Crippen LogP contribution in [0.2, 0.25) is 0 Å². The van der Waals surface area contributed by atoms with Crippen molar-refractivity contribution in [3.63, 3.8) is 0 Å². The molecule has 3 aliphatic rings. The number of aryl methyl sites for hydroxylation is 1. The van der Waals surface area contributed by atoms with Crippen molar-refractivity contribution in [2.45, 2.75) is 141 Å². The lowest BCUT2D eigenvalue weighted by molar-refractivity contribution is -0.172. The molecule has 3 atom stereocenters. The Labute approximate surface area is 454 Å². The summed E-state index contributed by atoms with van der Waals surface area (Å²) in [4.78, 5) is 95.4. The number of aliphatic hydroxyl groups is 1. The molecule has 78 heavy (non-hydrogen) atoms. The zero-order chi connectivity index (χ0) is 56.1. The zero-order valence-corrected chi connectivity index (χ0v) is 46.1. The Morgan fingerprint density at radius 1 is 0.897 bits per heavy atom. The van der Waals surface area contributed by atoms with Crippen LogP contribution in [0.3, 0.4) is 0 Å². The summed E-state index contributed by atoms with van der Waals surface area (Å²) in [6.45, 7) is 11.9. The second-order valence-electron chi connectivity index (χ2n) is 20.1. The summed E-state index contributed by atoms with van der Waals surface area (Å²) in [5, 5.41) is 22.9. The molecule has 0 saturated heterocycles. The topological polar surface area (TPSA) is 289 Å². The molecule has 4 aromatic rings. The molecule has 6 heterocycles. The lowest BCUT2D eigenvalue weighted by atomic mass is 9.86. The minimum Gasteiger partial charge on any atom is -0.458 e. The molecule has 0 bridgehead atoms. The van der Waals surface area contributed by atoms with Gasteiger partial charge < -0.3 is 54.8 Å². The Morgan fingerprint density at radius 2 is 1.63 bits per heavy atom. The summed E-state index contributed by atoms with van der Waals surface area (Å²) in [6.07, 6.45) is 9.18. The van der Waals surface area contributed by atoms with Crippen molar-refractivity contribution in [2.24, 2.45) is 5.92 Å². The zero-order valence-electron chi connectivity index (χ0n) is 45.3. The van der Waals surface area contributed by atoms with E-state index < -0.39 is 51.2 Å². The first-order valence-corrected chi connectivity index (χ1v) is 28.6. The Hall–Kier alpha value is -7.00. The third kappa shape index (κ3) is 14.2. The predicted octanol–water partition coefficient (Wildman–Crippen LogP) is 3.28. The number of sulfone groups is 1. The normalized spacial score (nSPS) is 15.9. The molecule has 7 rings (SSSR count). The molecule has 420 valence electrons. The number of esters is 1. The highest BCUT2D eigenvalue weighted by molar-refractivity contribution is 7.90. The van der Waals surface area contributed by atoms with E-state index >= 15 is 0 Å². The van der Waals surface area contributed by atoms with Crippen molar-refractivity contribution in [1.29, 1.82) is 0 Å². The van der Waals surface area contributed by atoms with Crippen molar-refractivity contribution < 1.29 is 56.4 Å². The van der Waals surface area contributed by atoms with E-state index in [2.05, 4.69) is 61.8 Å². The number of carbonyl (C=O) groups excluding carboxylic acids is 5. The molecule has 0 saturated carbocycles. The molecule has 5 N–H and O–H groups in total. The van der Waals surface area contributed by atoms with Gasteiger partial charge >= 0.3 is 5.97 Å². The minimum absolute atomic E-state index is 0.0153. The molecule has 0 fully saturated rings. The first kappa shape index (κ1) is 58.7. The van der Waals surface area contributed by atoms with Crippen LogP contribution in [0.15, 0.2) is 40.5 Å². The van der Waals surface area contributed by atoms with Crippen LogP contribution in [0.4, 0.5) is 0 Å². The van der Waals surface area contributed by atoms with E-state index in [0.29, 0.717) is 72.5 Å². The van der Waals surface area contributed by atoms with Crippen LogP contribution in [0.5, 0.6) is 11.5 Å². The number of ether oxygens (including phenoxy) is 4. The first-order chi connectivity index (χ1) is 37.4. The summed E-state index contributed by atoms with van der Waals surface area (Å²) in [6, 6.07) is 3.39. The number of amides is 4. The van der Waals surface area contributed by atoms with Gasteiger partial charge in [0.15, 0.2) is 17.1 Å². The van der Waals surface area contributed by atoms with Crippen LogP contribution in [-0.2, 0) is 68.5 Å². The fourth-order valence-electron chi connectivity index (χ4n) is 9.78. The smallest absolute Gasteiger partial charge is 0.343 e. The number of unbranched alkanes of at least 4 members (excludes halogenated alkanes) is 2. The summed E-state index contributed by atoms with van der Waals surface area (Å²) in [7, 11) is -3.54. The standard InChI is InChI=1S/C55H71N9O13S/c1-7-20-63(21-8-2)22-14-13-18-41(61-51(68)48(34(4)5)62-46(65)19-12-10-11-16-35-27-57-54(58-28-35)78(6,72)73)50(67)56-29-47(66)59-32-74-23-15-17-36-37-24-44-45(77-33-76-44)26-42(37)60-49-38(36)30-64-43(49)25-40-39(52(64)69)31-75-53(70)55(40,71)9-3/h24-28,34,41,48,71H,7-10,12-15,17-23,29-33H2,1-6H3,(H,56,67)(H,59,66)(H,61,68)(H,62,65)/t41-,48-,55-/m0/s1. The molecule has 0 aliphatic carbocycles. The summed E-state index contributed by atoms with van der Waals surface area (Å²) in [5.74, 6) is 3.77. The van der Waals surface area contributed by atoms with Gasteiger partial charge in [-0.2, -0.15) is 0 Å². The second-order valence-corrected chi connectivity index (χ2v) is 22.0. The number of benzene rings is 1. The Bertz CT molecular complexity index is 3110. The SMILES string of the molecule is CCCN(CCC)CCCC[C@H](NC(=O)[C@@H](NC(=O)CCCC#Cc1cnc(S(C)(=O)=O)nc1)C(C)C)C(=O)NCC(=O)NCOCCCc1c2c(nc3cc4c(cc13)OCO4)-c1cc3c(c(=O)n1C2)COC(=O)[C@]3(O)CC. The number of aromatic nitrogens is 4. The van der Waals surface area contributed by atoms with Gasteiger partial charge in [-0.15, -0.1) is 0 Å². The van der Waals surface area contributed by atoms with Crippen LogP contribution in [0, 0.1) is 17.8 Å². The Balaban J connectivity index is 0.924. The van der Waals surface area contributed by atoms with E-state index in [1.54, 1.807) is 37.5 Å². The molecule has 3 aromatic heterocycles. The maximum atomic E-state index is 13.9. The highest BCUT2D eigenvalue weighted by Crippen LogP contribution is 2.43. The highest BCUT2D eigenvalue weighted by atomic mass is 32.2. The minimum atomic E-state index is -3.54. The number of nitrogens with zero attached hydrogens (tertiary/aromatic N) is 5. The number of nitrogens with one attached hydrogen (secondary N) is 4. The number of hydrogen-bond acceptors (Lipinski definition) is 17. The summed E-state index contributed by atoms with van der Waals surface area (Å²) >= 11 is 0. The third-order valence-electron chi connectivity index (χ3n) is 13.9. The number of pyridine rings is 2. The highest BCUT2D eigenvalue weighted by Gasteiger charge is 2.45. The molecule has 1 aromatic carbocycles. The van der Waals surface area contributed by atoms with Gasteiger partial charge in [-0.1, -0.05) is 46.5 Å². The van der Waals surface area contributed by atoms with Gasteiger partial charge in [0.1, 0.15) is 25.4 Å². The van der Waals surface area contributed by atoms with E-state index in [4.69, 9.17) is 23.9 Å². The van der Waals surface area contributed by atoms with E-state index in [1.807, 2.05) is 6.07 Å².